The average Bonchev–Trinajstić information content (AvgIpc) is 2.99. The number of fused-ring (bicyclic) bond motifs is 2. The van der Waals surface area contributed by atoms with Crippen LogP contribution < -0.4 is 5.73 Å². The van der Waals surface area contributed by atoms with Crippen molar-refractivity contribution in [1.29, 1.82) is 0 Å². The molecular formula is C18H12N2OS. The Labute approximate surface area is 131 Å². The SMILES string of the molecule is NC(=O)c1cc2c(-c3ccc4ccccc4c3)cncc2s1. The molecule has 0 aliphatic heterocycles. The lowest BCUT2D eigenvalue weighted by Crippen LogP contribution is -2.08. The van der Waals surface area contributed by atoms with Gasteiger partial charge in [0.25, 0.3) is 5.91 Å². The van der Waals surface area contributed by atoms with Crippen LogP contribution in [0.3, 0.4) is 0 Å². The van der Waals surface area contributed by atoms with E-state index in [0.29, 0.717) is 4.88 Å². The Kier molecular flexibility index (Phi) is 2.91. The molecule has 2 N–H and O–H groups in total. The van der Waals surface area contributed by atoms with Crippen LogP contribution in [0.4, 0.5) is 0 Å². The minimum atomic E-state index is -0.398. The van der Waals surface area contributed by atoms with E-state index in [1.165, 1.54) is 22.1 Å². The van der Waals surface area contributed by atoms with Gasteiger partial charge in [0.05, 0.1) is 9.58 Å². The van der Waals surface area contributed by atoms with Gasteiger partial charge in [-0.2, -0.15) is 0 Å². The van der Waals surface area contributed by atoms with Crippen LogP contribution in [0.2, 0.25) is 0 Å². The van der Waals surface area contributed by atoms with E-state index >= 15 is 0 Å². The van der Waals surface area contributed by atoms with Gasteiger partial charge in [-0.1, -0.05) is 36.4 Å². The number of nitrogens with zero attached hydrogens (tertiary/aromatic N) is 1. The van der Waals surface area contributed by atoms with Crippen molar-refractivity contribution in [2.75, 3.05) is 0 Å². The summed E-state index contributed by atoms with van der Waals surface area (Å²) in [6, 6.07) is 16.4. The highest BCUT2D eigenvalue weighted by molar-refractivity contribution is 7.20. The van der Waals surface area contributed by atoms with Crippen molar-refractivity contribution in [3.8, 4) is 11.1 Å². The van der Waals surface area contributed by atoms with Crippen LogP contribution >= 0.6 is 11.3 Å². The van der Waals surface area contributed by atoms with E-state index in [2.05, 4.69) is 35.3 Å². The van der Waals surface area contributed by atoms with E-state index in [0.717, 1.165) is 21.2 Å². The fraction of sp³-hybridized carbons (Fsp3) is 0. The summed E-state index contributed by atoms with van der Waals surface area (Å²) in [5, 5.41) is 3.40. The van der Waals surface area contributed by atoms with E-state index in [9.17, 15) is 4.79 Å². The van der Waals surface area contributed by atoms with Crippen LogP contribution in [0.15, 0.2) is 60.9 Å². The zero-order valence-corrected chi connectivity index (χ0v) is 12.4. The molecule has 2 heterocycles. The highest BCUT2D eigenvalue weighted by atomic mass is 32.1. The second kappa shape index (κ2) is 4.93. The van der Waals surface area contributed by atoms with Crippen molar-refractivity contribution in [3.63, 3.8) is 0 Å². The van der Waals surface area contributed by atoms with Gasteiger partial charge >= 0.3 is 0 Å². The first kappa shape index (κ1) is 13.0. The predicted octanol–water partition coefficient (Wildman–Crippen LogP) is 4.22. The van der Waals surface area contributed by atoms with E-state index in [1.54, 1.807) is 6.20 Å². The fourth-order valence-corrected chi connectivity index (χ4v) is 3.58. The van der Waals surface area contributed by atoms with Gasteiger partial charge in [-0.25, -0.2) is 0 Å². The van der Waals surface area contributed by atoms with Gasteiger partial charge in [0.2, 0.25) is 0 Å². The standard InChI is InChI=1S/C18H12N2OS/c19-18(21)16-8-14-15(9-20-10-17(14)22-16)13-6-5-11-3-1-2-4-12(11)7-13/h1-10H,(H2,19,21). The maximum Gasteiger partial charge on any atom is 0.258 e. The van der Waals surface area contributed by atoms with Gasteiger partial charge in [0.1, 0.15) is 0 Å². The Bertz CT molecular complexity index is 1020. The third-order valence-corrected chi connectivity index (χ3v) is 4.83. The van der Waals surface area contributed by atoms with Crippen LogP contribution in [-0.4, -0.2) is 10.9 Å². The molecule has 22 heavy (non-hydrogen) atoms. The molecule has 2 aromatic carbocycles. The highest BCUT2D eigenvalue weighted by Crippen LogP contribution is 2.34. The van der Waals surface area contributed by atoms with Gasteiger partial charge in [0.15, 0.2) is 0 Å². The summed E-state index contributed by atoms with van der Waals surface area (Å²) in [6.45, 7) is 0. The van der Waals surface area contributed by atoms with Crippen molar-refractivity contribution in [1.82, 2.24) is 4.98 Å². The van der Waals surface area contributed by atoms with Gasteiger partial charge < -0.3 is 5.73 Å². The summed E-state index contributed by atoms with van der Waals surface area (Å²) in [5.74, 6) is -0.398. The highest BCUT2D eigenvalue weighted by Gasteiger charge is 2.11. The second-order valence-corrected chi connectivity index (χ2v) is 6.22. The zero-order valence-electron chi connectivity index (χ0n) is 11.6. The normalized spacial score (nSPS) is 11.1. The molecule has 0 bridgehead atoms. The molecule has 4 aromatic rings. The van der Waals surface area contributed by atoms with Gasteiger partial charge in [0, 0.05) is 23.3 Å². The topological polar surface area (TPSA) is 56.0 Å². The van der Waals surface area contributed by atoms with Crippen LogP contribution in [0, 0.1) is 0 Å². The molecular weight excluding hydrogens is 292 g/mol. The van der Waals surface area contributed by atoms with Crippen molar-refractivity contribution in [3.05, 3.63) is 65.8 Å². The molecule has 0 radical (unpaired) electrons. The molecule has 4 rings (SSSR count). The van der Waals surface area contributed by atoms with E-state index < -0.39 is 5.91 Å². The van der Waals surface area contributed by atoms with Gasteiger partial charge in [-0.15, -0.1) is 11.3 Å². The minimum absolute atomic E-state index is 0.398. The Morgan fingerprint density at radius 2 is 1.82 bits per heavy atom. The number of carbonyl (C=O) groups is 1. The van der Waals surface area contributed by atoms with E-state index in [-0.39, 0.29) is 0 Å². The van der Waals surface area contributed by atoms with Crippen LogP contribution in [0.5, 0.6) is 0 Å². The number of rotatable bonds is 2. The maximum absolute atomic E-state index is 11.4. The smallest absolute Gasteiger partial charge is 0.258 e. The Morgan fingerprint density at radius 3 is 2.64 bits per heavy atom. The lowest BCUT2D eigenvalue weighted by molar-refractivity contribution is 0.100. The number of benzene rings is 2. The number of nitrogens with two attached hydrogens (primary N) is 1. The van der Waals surface area contributed by atoms with Crippen LogP contribution in [0.25, 0.3) is 32.0 Å². The first-order valence-corrected chi connectivity index (χ1v) is 7.70. The van der Waals surface area contributed by atoms with E-state index in [1.807, 2.05) is 24.4 Å². The number of amides is 1. The molecule has 0 saturated carbocycles. The summed E-state index contributed by atoms with van der Waals surface area (Å²) in [5.41, 5.74) is 7.50. The average molecular weight is 304 g/mol. The molecule has 0 unspecified atom stereocenters. The minimum Gasteiger partial charge on any atom is -0.365 e. The molecule has 1 amide bonds. The fourth-order valence-electron chi connectivity index (χ4n) is 2.67. The number of carbonyl (C=O) groups excluding carboxylic acids is 1. The van der Waals surface area contributed by atoms with Crippen molar-refractivity contribution in [2.45, 2.75) is 0 Å². The molecule has 0 spiro atoms. The molecule has 0 saturated heterocycles. The van der Waals surface area contributed by atoms with Gasteiger partial charge in [-0.3, -0.25) is 9.78 Å². The summed E-state index contributed by atoms with van der Waals surface area (Å²) in [4.78, 5) is 16.3. The molecule has 3 nitrogen and oxygen atoms in total. The molecule has 4 heteroatoms. The maximum atomic E-state index is 11.4. The second-order valence-electron chi connectivity index (χ2n) is 5.14. The lowest BCUT2D eigenvalue weighted by atomic mass is 10.0. The Hall–Kier alpha value is -2.72. The van der Waals surface area contributed by atoms with Crippen LogP contribution in [-0.2, 0) is 0 Å². The summed E-state index contributed by atoms with van der Waals surface area (Å²) < 4.78 is 0.972. The molecule has 0 aliphatic carbocycles. The Morgan fingerprint density at radius 1 is 1.00 bits per heavy atom. The monoisotopic (exact) mass is 304 g/mol. The molecule has 0 aliphatic rings. The number of hydrogen-bond donors (Lipinski definition) is 1. The molecule has 106 valence electrons. The first-order chi connectivity index (χ1) is 10.7. The van der Waals surface area contributed by atoms with Gasteiger partial charge in [-0.05, 0) is 28.5 Å². The van der Waals surface area contributed by atoms with Crippen molar-refractivity contribution >= 4 is 38.1 Å². The number of aromatic nitrogens is 1. The number of primary amides is 1. The zero-order chi connectivity index (χ0) is 15.1. The molecule has 2 aromatic heterocycles. The summed E-state index contributed by atoms with van der Waals surface area (Å²) in [7, 11) is 0. The first-order valence-electron chi connectivity index (χ1n) is 6.89. The van der Waals surface area contributed by atoms with E-state index in [4.69, 9.17) is 5.73 Å². The summed E-state index contributed by atoms with van der Waals surface area (Å²) in [6.07, 6.45) is 3.61. The summed E-state index contributed by atoms with van der Waals surface area (Å²) >= 11 is 1.38. The predicted molar refractivity (Wildman–Crippen MR) is 91.1 cm³/mol. The third-order valence-electron chi connectivity index (χ3n) is 3.75. The number of thiophene rings is 1. The largest absolute Gasteiger partial charge is 0.365 e. The molecule has 0 fully saturated rings. The van der Waals surface area contributed by atoms with Crippen molar-refractivity contribution < 1.29 is 4.79 Å². The number of hydrogen-bond acceptors (Lipinski definition) is 3. The Balaban J connectivity index is 1.97. The lowest BCUT2D eigenvalue weighted by Gasteiger charge is -2.05. The third kappa shape index (κ3) is 2.05. The molecule has 0 atom stereocenters. The van der Waals surface area contributed by atoms with Crippen molar-refractivity contribution in [2.24, 2.45) is 5.73 Å². The number of pyridine rings is 1. The van der Waals surface area contributed by atoms with Crippen LogP contribution in [0.1, 0.15) is 9.67 Å². The quantitative estimate of drug-likeness (QED) is 0.603.